The van der Waals surface area contributed by atoms with Crippen molar-refractivity contribution >= 4 is 38.1 Å². The van der Waals surface area contributed by atoms with Gasteiger partial charge in [-0.15, -0.1) is 0 Å². The Morgan fingerprint density at radius 2 is 1.76 bits per heavy atom. The van der Waals surface area contributed by atoms with Gasteiger partial charge in [0, 0.05) is 24.0 Å². The maximum absolute atomic E-state index is 12.9. The molecule has 0 unspecified atom stereocenters. The molecule has 0 aliphatic carbocycles. The van der Waals surface area contributed by atoms with E-state index in [0.717, 1.165) is 16.3 Å². The number of nitrogens with zero attached hydrogens (tertiary/aromatic N) is 2. The Hall–Kier alpha value is -3.37. The maximum atomic E-state index is 12.9. The van der Waals surface area contributed by atoms with Crippen LogP contribution >= 0.6 is 0 Å². The van der Waals surface area contributed by atoms with E-state index in [1.54, 1.807) is 42.5 Å². The average Bonchev–Trinajstić information content (AvgIpc) is 2.93. The molecule has 0 atom stereocenters. The van der Waals surface area contributed by atoms with Crippen LogP contribution in [0.3, 0.4) is 0 Å². The summed E-state index contributed by atoms with van der Waals surface area (Å²) >= 11 is 0. The Morgan fingerprint density at radius 3 is 2.48 bits per heavy atom. The number of sulfonamides is 1. The van der Waals surface area contributed by atoms with E-state index in [9.17, 15) is 13.2 Å². The molecule has 1 aliphatic heterocycles. The van der Waals surface area contributed by atoms with E-state index in [0.29, 0.717) is 29.1 Å². The van der Waals surface area contributed by atoms with Gasteiger partial charge in [0.05, 0.1) is 23.1 Å². The lowest BCUT2D eigenvalue weighted by Crippen LogP contribution is -2.28. The summed E-state index contributed by atoms with van der Waals surface area (Å²) in [7, 11) is -3.59. The molecule has 3 aromatic rings. The normalized spacial score (nSPS) is 14.0. The van der Waals surface area contributed by atoms with E-state index in [-0.39, 0.29) is 18.9 Å². The van der Waals surface area contributed by atoms with Gasteiger partial charge in [-0.1, -0.05) is 36.4 Å². The van der Waals surface area contributed by atoms with Crippen molar-refractivity contribution in [3.63, 3.8) is 0 Å². The van der Waals surface area contributed by atoms with Crippen LogP contribution in [0, 0.1) is 11.3 Å². The maximum Gasteiger partial charge on any atom is 0.265 e. The molecular weight excluding hydrogens is 386 g/mol. The molecule has 3 aromatic carbocycles. The molecule has 1 aliphatic rings. The van der Waals surface area contributed by atoms with Crippen molar-refractivity contribution in [2.24, 2.45) is 0 Å². The van der Waals surface area contributed by atoms with Gasteiger partial charge in [0.25, 0.3) is 10.0 Å². The summed E-state index contributed by atoms with van der Waals surface area (Å²) in [6, 6.07) is 20.0. The number of carbonyl (C=O) groups is 1. The van der Waals surface area contributed by atoms with Gasteiger partial charge in [-0.25, -0.2) is 8.42 Å². The summed E-state index contributed by atoms with van der Waals surface area (Å²) in [5.41, 5.74) is 2.22. The summed E-state index contributed by atoms with van der Waals surface area (Å²) in [5.74, 6) is -0.176. The first-order valence-corrected chi connectivity index (χ1v) is 10.7. The molecule has 0 spiro atoms. The molecule has 29 heavy (non-hydrogen) atoms. The molecule has 1 N–H and O–H groups in total. The highest BCUT2D eigenvalue weighted by Gasteiger charge is 2.34. The molecule has 146 valence electrons. The Kier molecular flexibility index (Phi) is 4.95. The second-order valence-electron chi connectivity index (χ2n) is 6.89. The quantitative estimate of drug-likeness (QED) is 0.675. The smallest absolute Gasteiger partial charge is 0.265 e. The number of nitrogens with one attached hydrogen (secondary N) is 1. The van der Waals surface area contributed by atoms with Crippen LogP contribution in [0.25, 0.3) is 10.8 Å². The van der Waals surface area contributed by atoms with Crippen LogP contribution in [0.2, 0.25) is 0 Å². The van der Waals surface area contributed by atoms with E-state index in [1.807, 2.05) is 18.2 Å². The standard InChI is InChI=1S/C22H19N3O3S/c23-14-13-16-9-11-18(12-10-16)24-21(26)8-3-15-25-19-6-1-4-17-5-2-7-20(22(17)19)29(25,27)28/h1-2,4-7,9-12H,3,8,13,15H2,(H,24,26). The van der Waals surface area contributed by atoms with Crippen LogP contribution in [-0.2, 0) is 21.2 Å². The summed E-state index contributed by atoms with van der Waals surface area (Å²) in [6.45, 7) is 0.241. The molecule has 0 saturated heterocycles. The van der Waals surface area contributed by atoms with Gasteiger partial charge >= 0.3 is 0 Å². The zero-order valence-electron chi connectivity index (χ0n) is 15.6. The Bertz CT molecular complexity index is 1220. The molecule has 0 radical (unpaired) electrons. The summed E-state index contributed by atoms with van der Waals surface area (Å²) in [6.07, 6.45) is 0.938. The number of hydrogen-bond donors (Lipinski definition) is 1. The fourth-order valence-corrected chi connectivity index (χ4v) is 5.35. The van der Waals surface area contributed by atoms with Crippen LogP contribution < -0.4 is 9.62 Å². The van der Waals surface area contributed by atoms with Crippen LogP contribution in [0.15, 0.2) is 65.6 Å². The Morgan fingerprint density at radius 1 is 1.03 bits per heavy atom. The molecule has 7 heteroatoms. The minimum Gasteiger partial charge on any atom is -0.326 e. The average molecular weight is 405 g/mol. The first-order chi connectivity index (χ1) is 14.0. The van der Waals surface area contributed by atoms with Gasteiger partial charge in [-0.05, 0) is 41.6 Å². The topological polar surface area (TPSA) is 90.3 Å². The van der Waals surface area contributed by atoms with Crippen molar-refractivity contribution in [2.45, 2.75) is 24.2 Å². The van der Waals surface area contributed by atoms with Crippen LogP contribution in [-0.4, -0.2) is 20.9 Å². The van der Waals surface area contributed by atoms with Gasteiger partial charge < -0.3 is 5.32 Å². The van der Waals surface area contributed by atoms with Gasteiger partial charge in [0.15, 0.2) is 0 Å². The van der Waals surface area contributed by atoms with Gasteiger partial charge in [0.2, 0.25) is 5.91 Å². The zero-order chi connectivity index (χ0) is 20.4. The fourth-order valence-electron chi connectivity index (χ4n) is 3.60. The highest BCUT2D eigenvalue weighted by molar-refractivity contribution is 7.93. The molecule has 4 rings (SSSR count). The molecule has 6 nitrogen and oxygen atoms in total. The van der Waals surface area contributed by atoms with E-state index >= 15 is 0 Å². The Labute approximate surface area is 169 Å². The van der Waals surface area contributed by atoms with Crippen molar-refractivity contribution in [1.82, 2.24) is 0 Å². The summed E-state index contributed by atoms with van der Waals surface area (Å²) in [4.78, 5) is 12.6. The first-order valence-electron chi connectivity index (χ1n) is 9.31. The van der Waals surface area contributed by atoms with E-state index in [1.165, 1.54) is 4.31 Å². The zero-order valence-corrected chi connectivity index (χ0v) is 16.4. The lowest BCUT2D eigenvalue weighted by atomic mass is 10.1. The third kappa shape index (κ3) is 3.55. The minimum atomic E-state index is -3.59. The monoisotopic (exact) mass is 405 g/mol. The number of amides is 1. The lowest BCUT2D eigenvalue weighted by Gasteiger charge is -2.18. The number of carbonyl (C=O) groups excluding carboxylic acids is 1. The van der Waals surface area contributed by atoms with Crippen molar-refractivity contribution in [2.75, 3.05) is 16.2 Å². The molecule has 1 heterocycles. The third-order valence-corrected chi connectivity index (χ3v) is 6.82. The predicted octanol–water partition coefficient (Wildman–Crippen LogP) is 3.83. The first kappa shape index (κ1) is 19.0. The highest BCUT2D eigenvalue weighted by Crippen LogP contribution is 2.41. The van der Waals surface area contributed by atoms with Crippen molar-refractivity contribution in [1.29, 1.82) is 5.26 Å². The number of anilines is 2. The number of nitriles is 1. The SMILES string of the molecule is N#CCc1ccc(NC(=O)CCCN2c3cccc4cccc(c34)S2(=O)=O)cc1. The van der Waals surface area contributed by atoms with Crippen LogP contribution in [0.1, 0.15) is 18.4 Å². The predicted molar refractivity (Wildman–Crippen MR) is 112 cm³/mol. The van der Waals surface area contributed by atoms with Crippen LogP contribution in [0.4, 0.5) is 11.4 Å². The van der Waals surface area contributed by atoms with Crippen molar-refractivity contribution < 1.29 is 13.2 Å². The van der Waals surface area contributed by atoms with Crippen molar-refractivity contribution in [3.05, 3.63) is 66.2 Å². The van der Waals surface area contributed by atoms with Gasteiger partial charge in [0.1, 0.15) is 0 Å². The minimum absolute atomic E-state index is 0.176. The third-order valence-electron chi connectivity index (χ3n) is 4.97. The van der Waals surface area contributed by atoms with Crippen LogP contribution in [0.5, 0.6) is 0 Å². The summed E-state index contributed by atoms with van der Waals surface area (Å²) < 4.78 is 27.2. The second kappa shape index (κ2) is 7.57. The largest absolute Gasteiger partial charge is 0.326 e. The lowest BCUT2D eigenvalue weighted by molar-refractivity contribution is -0.116. The molecule has 0 fully saturated rings. The molecular formula is C22H19N3O3S. The second-order valence-corrected chi connectivity index (χ2v) is 8.72. The summed E-state index contributed by atoms with van der Waals surface area (Å²) in [5, 5.41) is 13.1. The van der Waals surface area contributed by atoms with E-state index in [2.05, 4.69) is 11.4 Å². The fraction of sp³-hybridized carbons (Fsp3) is 0.182. The number of hydrogen-bond acceptors (Lipinski definition) is 4. The van der Waals surface area contributed by atoms with Crippen molar-refractivity contribution in [3.8, 4) is 6.07 Å². The highest BCUT2D eigenvalue weighted by atomic mass is 32.2. The number of benzene rings is 3. The molecule has 0 aromatic heterocycles. The number of rotatable bonds is 6. The molecule has 1 amide bonds. The molecule has 0 saturated carbocycles. The van der Waals surface area contributed by atoms with E-state index in [4.69, 9.17) is 5.26 Å². The van der Waals surface area contributed by atoms with Gasteiger partial charge in [-0.2, -0.15) is 5.26 Å². The van der Waals surface area contributed by atoms with Gasteiger partial charge in [-0.3, -0.25) is 9.10 Å². The molecule has 0 bridgehead atoms. The van der Waals surface area contributed by atoms with E-state index < -0.39 is 10.0 Å². The Balaban J connectivity index is 1.40.